The van der Waals surface area contributed by atoms with Crippen LogP contribution in [0.2, 0.25) is 0 Å². The zero-order valence-electron chi connectivity index (χ0n) is 23.2. The first-order chi connectivity index (χ1) is 19.5. The number of ketones is 2. The molecule has 3 atom stereocenters. The van der Waals surface area contributed by atoms with Crippen LogP contribution in [0.3, 0.4) is 0 Å². The molecule has 1 aliphatic carbocycles. The van der Waals surface area contributed by atoms with Crippen LogP contribution < -0.4 is 0 Å². The van der Waals surface area contributed by atoms with Crippen LogP contribution in [0.15, 0.2) is 47.5 Å². The molecule has 1 amide bonds. The fourth-order valence-corrected chi connectivity index (χ4v) is 6.09. The van der Waals surface area contributed by atoms with Gasteiger partial charge >= 0.3 is 0 Å². The SMILES string of the molecule is CC(=O)c1nn(CC(=O)N2C(C(=O)c3cccc(Br)n3)C[C@@]3(C)C[C@@H]23)c2cnc(-c3cnc(CN(C)C)nc3)cc12. The van der Waals surface area contributed by atoms with Crippen molar-refractivity contribution < 1.29 is 14.4 Å². The molecule has 12 heteroatoms. The van der Waals surface area contributed by atoms with Crippen LogP contribution >= 0.6 is 15.9 Å². The first-order valence-corrected chi connectivity index (χ1v) is 14.1. The fourth-order valence-electron chi connectivity index (χ4n) is 5.75. The number of rotatable bonds is 8. The van der Waals surface area contributed by atoms with Gasteiger partial charge in [-0.05, 0) is 66.5 Å². The fraction of sp³-hybridized carbons (Fsp3) is 0.379. The lowest BCUT2D eigenvalue weighted by Gasteiger charge is -2.26. The van der Waals surface area contributed by atoms with E-state index in [4.69, 9.17) is 0 Å². The number of amides is 1. The predicted octanol–water partition coefficient (Wildman–Crippen LogP) is 3.57. The van der Waals surface area contributed by atoms with E-state index >= 15 is 0 Å². The summed E-state index contributed by atoms with van der Waals surface area (Å²) in [7, 11) is 3.89. The highest BCUT2D eigenvalue weighted by Crippen LogP contribution is 2.59. The molecular formula is C29H29BrN8O3. The summed E-state index contributed by atoms with van der Waals surface area (Å²) in [5.74, 6) is 0.0726. The molecule has 5 heterocycles. The number of piperidine rings is 1. The summed E-state index contributed by atoms with van der Waals surface area (Å²) in [4.78, 5) is 61.2. The Hall–Kier alpha value is -3.90. The number of hydrogen-bond donors (Lipinski definition) is 0. The molecule has 4 aromatic heterocycles. The van der Waals surface area contributed by atoms with Gasteiger partial charge in [-0.1, -0.05) is 13.0 Å². The Morgan fingerprint density at radius 2 is 1.85 bits per heavy atom. The third kappa shape index (κ3) is 5.06. The van der Waals surface area contributed by atoms with Gasteiger partial charge in [0.1, 0.15) is 28.4 Å². The molecule has 2 fully saturated rings. The average Bonchev–Trinajstić information content (AvgIpc) is 3.30. The van der Waals surface area contributed by atoms with E-state index in [1.165, 1.54) is 11.6 Å². The summed E-state index contributed by atoms with van der Waals surface area (Å²) in [6.07, 6.45) is 6.48. The Morgan fingerprint density at radius 3 is 2.54 bits per heavy atom. The van der Waals surface area contributed by atoms with Gasteiger partial charge in [-0.15, -0.1) is 0 Å². The molecule has 1 aliphatic heterocycles. The molecule has 4 aromatic rings. The molecule has 210 valence electrons. The second-order valence-corrected chi connectivity index (χ2v) is 12.2. The van der Waals surface area contributed by atoms with Gasteiger partial charge in [-0.3, -0.25) is 24.0 Å². The van der Waals surface area contributed by atoms with Crippen molar-refractivity contribution in [2.45, 2.75) is 51.9 Å². The van der Waals surface area contributed by atoms with E-state index in [0.29, 0.717) is 51.2 Å². The van der Waals surface area contributed by atoms with Crippen molar-refractivity contribution in [1.82, 2.24) is 39.5 Å². The molecular weight excluding hydrogens is 588 g/mol. The Balaban J connectivity index is 1.29. The van der Waals surface area contributed by atoms with E-state index in [9.17, 15) is 14.4 Å². The maximum absolute atomic E-state index is 13.8. The zero-order valence-corrected chi connectivity index (χ0v) is 24.8. The van der Waals surface area contributed by atoms with Crippen LogP contribution in [0, 0.1) is 5.41 Å². The highest BCUT2D eigenvalue weighted by atomic mass is 79.9. The normalized spacial score (nSPS) is 21.4. The van der Waals surface area contributed by atoms with Gasteiger partial charge in [0.05, 0.1) is 30.0 Å². The van der Waals surface area contributed by atoms with E-state index in [-0.39, 0.29) is 41.2 Å². The molecule has 1 saturated carbocycles. The van der Waals surface area contributed by atoms with Crippen LogP contribution in [0.25, 0.3) is 22.2 Å². The minimum absolute atomic E-state index is 0.00889. The number of carbonyl (C=O) groups excluding carboxylic acids is 3. The minimum atomic E-state index is -0.595. The van der Waals surface area contributed by atoms with Crippen molar-refractivity contribution in [2.75, 3.05) is 14.1 Å². The van der Waals surface area contributed by atoms with Gasteiger partial charge in [-0.2, -0.15) is 5.10 Å². The standard InChI is InChI=1S/C29H29BrN8O3/c1-16(39)27-18-8-20(17-11-32-25(33-12-17)14-36(3)4)31-13-22(18)37(35-27)15-26(40)38-21(9-29(2)10-23(29)38)28(41)19-6-5-7-24(30)34-19/h5-8,11-13,21,23H,9-10,14-15H2,1-4H3/t21?,23-,29+/m1/s1. The second kappa shape index (κ2) is 10.2. The van der Waals surface area contributed by atoms with Gasteiger partial charge in [0.15, 0.2) is 5.78 Å². The number of aromatic nitrogens is 6. The van der Waals surface area contributed by atoms with Crippen molar-refractivity contribution in [1.29, 1.82) is 0 Å². The Kier molecular flexibility index (Phi) is 6.77. The number of hydrogen-bond acceptors (Lipinski definition) is 9. The molecule has 6 rings (SSSR count). The van der Waals surface area contributed by atoms with E-state index < -0.39 is 6.04 Å². The Bertz CT molecular complexity index is 1700. The van der Waals surface area contributed by atoms with E-state index in [1.54, 1.807) is 47.8 Å². The monoisotopic (exact) mass is 616 g/mol. The minimum Gasteiger partial charge on any atom is -0.327 e. The molecule has 0 bridgehead atoms. The first-order valence-electron chi connectivity index (χ1n) is 13.4. The van der Waals surface area contributed by atoms with Crippen molar-refractivity contribution >= 4 is 44.3 Å². The number of pyridine rings is 2. The van der Waals surface area contributed by atoms with Crippen molar-refractivity contribution in [3.05, 3.63) is 64.7 Å². The smallest absolute Gasteiger partial charge is 0.245 e. The lowest BCUT2D eigenvalue weighted by Crippen LogP contribution is -2.45. The van der Waals surface area contributed by atoms with Gasteiger partial charge in [0.2, 0.25) is 11.7 Å². The molecule has 1 saturated heterocycles. The zero-order chi connectivity index (χ0) is 29.1. The molecule has 0 N–H and O–H groups in total. The van der Waals surface area contributed by atoms with E-state index in [0.717, 1.165) is 6.42 Å². The third-order valence-corrected chi connectivity index (χ3v) is 8.35. The average molecular weight is 618 g/mol. The molecule has 0 radical (unpaired) electrons. The first kappa shape index (κ1) is 27.3. The lowest BCUT2D eigenvalue weighted by molar-refractivity contribution is -0.133. The van der Waals surface area contributed by atoms with Crippen molar-refractivity contribution in [3.8, 4) is 11.3 Å². The Morgan fingerprint density at radius 1 is 1.10 bits per heavy atom. The number of halogens is 1. The second-order valence-electron chi connectivity index (χ2n) is 11.4. The maximum Gasteiger partial charge on any atom is 0.245 e. The van der Waals surface area contributed by atoms with Crippen LogP contribution in [0.5, 0.6) is 0 Å². The molecule has 0 aromatic carbocycles. The van der Waals surface area contributed by atoms with Gasteiger partial charge < -0.3 is 9.80 Å². The summed E-state index contributed by atoms with van der Waals surface area (Å²) in [5, 5.41) is 5.11. The number of fused-ring (bicyclic) bond motifs is 2. The molecule has 11 nitrogen and oxygen atoms in total. The summed E-state index contributed by atoms with van der Waals surface area (Å²) >= 11 is 3.33. The third-order valence-electron chi connectivity index (χ3n) is 7.91. The molecule has 41 heavy (non-hydrogen) atoms. The van der Waals surface area contributed by atoms with Crippen LogP contribution in [0.4, 0.5) is 0 Å². The van der Waals surface area contributed by atoms with Crippen molar-refractivity contribution in [2.24, 2.45) is 5.41 Å². The van der Waals surface area contributed by atoms with Gasteiger partial charge in [0, 0.05) is 36.3 Å². The number of nitrogens with zero attached hydrogens (tertiary/aromatic N) is 8. The summed E-state index contributed by atoms with van der Waals surface area (Å²) < 4.78 is 2.08. The van der Waals surface area contributed by atoms with Crippen molar-refractivity contribution in [3.63, 3.8) is 0 Å². The summed E-state index contributed by atoms with van der Waals surface area (Å²) in [5.41, 5.74) is 2.37. The predicted molar refractivity (Wildman–Crippen MR) is 154 cm³/mol. The Labute approximate surface area is 245 Å². The highest BCUT2D eigenvalue weighted by Gasteiger charge is 2.64. The molecule has 2 aliphatic rings. The molecule has 1 unspecified atom stereocenters. The van der Waals surface area contributed by atoms with Gasteiger partial charge in [-0.25, -0.2) is 15.0 Å². The maximum atomic E-state index is 13.8. The quantitative estimate of drug-likeness (QED) is 0.215. The van der Waals surface area contributed by atoms with Crippen LogP contribution in [0.1, 0.15) is 53.5 Å². The topological polar surface area (TPSA) is 127 Å². The van der Waals surface area contributed by atoms with E-state index in [1.807, 2.05) is 19.0 Å². The summed E-state index contributed by atoms with van der Waals surface area (Å²) in [6.45, 7) is 4.06. The lowest BCUT2D eigenvalue weighted by atomic mass is 9.97. The molecule has 0 spiro atoms. The number of likely N-dealkylation sites (tertiary alicyclic amines) is 1. The van der Waals surface area contributed by atoms with Crippen LogP contribution in [-0.4, -0.2) is 83.2 Å². The number of Topliss-reactive ketones (excluding diaryl/α,β-unsaturated/α-hetero) is 2. The van der Waals surface area contributed by atoms with Crippen LogP contribution in [-0.2, 0) is 17.9 Å². The largest absolute Gasteiger partial charge is 0.327 e. The highest BCUT2D eigenvalue weighted by molar-refractivity contribution is 9.10. The van der Waals surface area contributed by atoms with E-state index in [2.05, 4.69) is 47.9 Å². The number of carbonyl (C=O) groups is 3. The summed E-state index contributed by atoms with van der Waals surface area (Å²) in [6, 6.07) is 6.37. The van der Waals surface area contributed by atoms with Gasteiger partial charge in [0.25, 0.3) is 0 Å².